The van der Waals surface area contributed by atoms with Gasteiger partial charge in [0.25, 0.3) is 0 Å². The Morgan fingerprint density at radius 2 is 2.32 bits per heavy atom. The van der Waals surface area contributed by atoms with E-state index < -0.39 is 0 Å². The van der Waals surface area contributed by atoms with Crippen molar-refractivity contribution in [1.29, 1.82) is 0 Å². The molecule has 4 nitrogen and oxygen atoms in total. The van der Waals surface area contributed by atoms with E-state index in [1.54, 1.807) is 18.4 Å². The molecule has 0 fully saturated rings. The van der Waals surface area contributed by atoms with E-state index in [4.69, 9.17) is 9.15 Å². The zero-order valence-corrected chi connectivity index (χ0v) is 11.4. The predicted molar refractivity (Wildman–Crippen MR) is 75.4 cm³/mol. The van der Waals surface area contributed by atoms with E-state index in [0.717, 1.165) is 29.0 Å². The average molecular weight is 274 g/mol. The fourth-order valence-electron chi connectivity index (χ4n) is 1.98. The lowest BCUT2D eigenvalue weighted by molar-refractivity contribution is 0.406. The maximum atomic E-state index is 5.81. The number of hydrogen-bond acceptors (Lipinski definition) is 5. The van der Waals surface area contributed by atoms with Crippen LogP contribution in [0, 0.1) is 0 Å². The van der Waals surface area contributed by atoms with Gasteiger partial charge in [0.15, 0.2) is 11.3 Å². The highest BCUT2D eigenvalue weighted by molar-refractivity contribution is 7.09. The summed E-state index contributed by atoms with van der Waals surface area (Å²) in [6.07, 6.45) is 1.87. The smallest absolute Gasteiger partial charge is 0.176 e. The third-order valence-corrected chi connectivity index (χ3v) is 3.64. The lowest BCUT2D eigenvalue weighted by Gasteiger charge is -2.00. The number of furan rings is 1. The Morgan fingerprint density at radius 1 is 1.37 bits per heavy atom. The van der Waals surface area contributed by atoms with Gasteiger partial charge < -0.3 is 14.5 Å². The molecule has 0 saturated carbocycles. The van der Waals surface area contributed by atoms with E-state index in [2.05, 4.69) is 10.3 Å². The zero-order valence-electron chi connectivity index (χ0n) is 10.6. The second kappa shape index (κ2) is 5.42. The van der Waals surface area contributed by atoms with E-state index in [0.29, 0.717) is 6.54 Å². The molecule has 0 aliphatic heterocycles. The lowest BCUT2D eigenvalue weighted by atomic mass is 10.2. The first kappa shape index (κ1) is 12.2. The highest BCUT2D eigenvalue weighted by Gasteiger charge is 2.08. The molecule has 0 atom stereocenters. The molecule has 19 heavy (non-hydrogen) atoms. The second-order valence-electron chi connectivity index (χ2n) is 4.16. The van der Waals surface area contributed by atoms with Crippen LogP contribution in [0.15, 0.2) is 40.4 Å². The van der Waals surface area contributed by atoms with Gasteiger partial charge >= 0.3 is 0 Å². The van der Waals surface area contributed by atoms with Crippen LogP contribution in [0.25, 0.3) is 11.0 Å². The molecule has 3 aromatic rings. The molecule has 5 heteroatoms. The van der Waals surface area contributed by atoms with Crippen LogP contribution in [0.2, 0.25) is 0 Å². The monoisotopic (exact) mass is 274 g/mol. The maximum absolute atomic E-state index is 5.81. The number of methoxy groups -OCH3 is 1. The second-order valence-corrected chi connectivity index (χ2v) is 5.13. The number of thiazole rings is 1. The fraction of sp³-hybridized carbons (Fsp3) is 0.214. The van der Waals surface area contributed by atoms with Crippen molar-refractivity contribution < 1.29 is 9.15 Å². The van der Waals surface area contributed by atoms with Crippen molar-refractivity contribution in [1.82, 2.24) is 10.3 Å². The summed E-state index contributed by atoms with van der Waals surface area (Å²) in [5.74, 6) is 1.68. The van der Waals surface area contributed by atoms with Crippen molar-refractivity contribution >= 4 is 22.3 Å². The van der Waals surface area contributed by atoms with Crippen LogP contribution >= 0.6 is 11.3 Å². The SMILES string of the molecule is COc1cccc2cc(CNCc3cncs3)oc12. The summed E-state index contributed by atoms with van der Waals surface area (Å²) in [7, 11) is 1.65. The standard InChI is InChI=1S/C14H14N2O2S/c1-17-13-4-2-3-10-5-11(18-14(10)13)6-15-7-12-8-16-9-19-12/h2-5,8-9,15H,6-7H2,1H3. The van der Waals surface area contributed by atoms with Gasteiger partial charge in [-0.2, -0.15) is 0 Å². The summed E-state index contributed by atoms with van der Waals surface area (Å²) in [6.45, 7) is 1.49. The molecule has 3 rings (SSSR count). The van der Waals surface area contributed by atoms with E-state index in [-0.39, 0.29) is 0 Å². The lowest BCUT2D eigenvalue weighted by Crippen LogP contribution is -2.10. The first-order valence-corrected chi connectivity index (χ1v) is 6.88. The van der Waals surface area contributed by atoms with Gasteiger partial charge in [0.05, 0.1) is 19.2 Å². The number of benzene rings is 1. The molecule has 0 saturated heterocycles. The van der Waals surface area contributed by atoms with Gasteiger partial charge in [-0.25, -0.2) is 0 Å². The highest BCUT2D eigenvalue weighted by Crippen LogP contribution is 2.28. The number of para-hydroxylation sites is 1. The van der Waals surface area contributed by atoms with Crippen molar-refractivity contribution in [2.24, 2.45) is 0 Å². The van der Waals surface area contributed by atoms with Gasteiger partial charge in [-0.15, -0.1) is 11.3 Å². The number of nitrogens with one attached hydrogen (secondary N) is 1. The molecule has 2 heterocycles. The van der Waals surface area contributed by atoms with Crippen LogP contribution in [0.4, 0.5) is 0 Å². The summed E-state index contributed by atoms with van der Waals surface area (Å²) in [6, 6.07) is 7.93. The molecule has 0 aliphatic carbocycles. The number of ether oxygens (including phenoxy) is 1. The molecule has 98 valence electrons. The molecule has 2 aromatic heterocycles. The van der Waals surface area contributed by atoms with Crippen LogP contribution in [0.5, 0.6) is 5.75 Å². The molecule has 0 radical (unpaired) electrons. The number of hydrogen-bond donors (Lipinski definition) is 1. The van der Waals surface area contributed by atoms with Crippen LogP contribution < -0.4 is 10.1 Å². The van der Waals surface area contributed by atoms with Crippen molar-refractivity contribution in [3.05, 3.63) is 46.6 Å². The molecular weight excluding hydrogens is 260 g/mol. The summed E-state index contributed by atoms with van der Waals surface area (Å²) in [5, 5.41) is 4.40. The Morgan fingerprint density at radius 3 is 3.11 bits per heavy atom. The zero-order chi connectivity index (χ0) is 13.1. The predicted octanol–water partition coefficient (Wildman–Crippen LogP) is 3.19. The van der Waals surface area contributed by atoms with Crippen LogP contribution in [-0.2, 0) is 13.1 Å². The van der Waals surface area contributed by atoms with Crippen molar-refractivity contribution in [3.8, 4) is 5.75 Å². The maximum Gasteiger partial charge on any atom is 0.176 e. The minimum atomic E-state index is 0.690. The topological polar surface area (TPSA) is 47.3 Å². The number of rotatable bonds is 5. The Kier molecular flexibility index (Phi) is 3.48. The Bertz CT molecular complexity index is 661. The normalized spacial score (nSPS) is 11.0. The largest absolute Gasteiger partial charge is 0.493 e. The van der Waals surface area contributed by atoms with Gasteiger partial charge in [0, 0.05) is 23.0 Å². The van der Waals surface area contributed by atoms with E-state index >= 15 is 0 Å². The first-order valence-electron chi connectivity index (χ1n) is 6.00. The third kappa shape index (κ3) is 2.62. The molecule has 0 bridgehead atoms. The molecule has 0 amide bonds. The summed E-state index contributed by atoms with van der Waals surface area (Å²) in [5.41, 5.74) is 2.64. The number of nitrogens with zero attached hydrogens (tertiary/aromatic N) is 1. The van der Waals surface area contributed by atoms with Crippen LogP contribution in [0.1, 0.15) is 10.6 Å². The number of fused-ring (bicyclic) bond motifs is 1. The Hall–Kier alpha value is -1.85. The molecule has 0 aliphatic rings. The van der Waals surface area contributed by atoms with E-state index in [1.165, 1.54) is 4.88 Å². The average Bonchev–Trinajstić information content (AvgIpc) is 3.06. The molecular formula is C14H14N2O2S. The Balaban J connectivity index is 1.71. The van der Waals surface area contributed by atoms with Crippen LogP contribution in [-0.4, -0.2) is 12.1 Å². The van der Waals surface area contributed by atoms with Gasteiger partial charge in [-0.3, -0.25) is 4.98 Å². The van der Waals surface area contributed by atoms with E-state index in [9.17, 15) is 0 Å². The highest BCUT2D eigenvalue weighted by atomic mass is 32.1. The minimum Gasteiger partial charge on any atom is -0.493 e. The summed E-state index contributed by atoms with van der Waals surface area (Å²) in [4.78, 5) is 5.26. The van der Waals surface area contributed by atoms with Crippen molar-refractivity contribution in [2.75, 3.05) is 7.11 Å². The number of aromatic nitrogens is 1. The quantitative estimate of drug-likeness (QED) is 0.776. The van der Waals surface area contributed by atoms with Crippen LogP contribution in [0.3, 0.4) is 0 Å². The molecule has 1 N–H and O–H groups in total. The first-order chi connectivity index (χ1) is 9.36. The summed E-state index contributed by atoms with van der Waals surface area (Å²) >= 11 is 1.64. The molecule has 0 spiro atoms. The van der Waals surface area contributed by atoms with Gasteiger partial charge in [-0.05, 0) is 12.1 Å². The minimum absolute atomic E-state index is 0.690. The molecule has 0 unspecified atom stereocenters. The Labute approximate surface area is 115 Å². The van der Waals surface area contributed by atoms with Crippen molar-refractivity contribution in [3.63, 3.8) is 0 Å². The summed E-state index contributed by atoms with van der Waals surface area (Å²) < 4.78 is 11.1. The van der Waals surface area contributed by atoms with Gasteiger partial charge in [0.2, 0.25) is 0 Å². The van der Waals surface area contributed by atoms with Gasteiger partial charge in [0.1, 0.15) is 5.76 Å². The third-order valence-electron chi connectivity index (χ3n) is 2.86. The molecule has 1 aromatic carbocycles. The van der Waals surface area contributed by atoms with E-state index in [1.807, 2.05) is 36.0 Å². The van der Waals surface area contributed by atoms with Crippen molar-refractivity contribution in [2.45, 2.75) is 13.1 Å². The van der Waals surface area contributed by atoms with Gasteiger partial charge in [-0.1, -0.05) is 12.1 Å². The fourth-order valence-corrected chi connectivity index (χ4v) is 2.54.